The molecule has 0 spiro atoms. The van der Waals surface area contributed by atoms with Gasteiger partial charge in [0.15, 0.2) is 0 Å². The third kappa shape index (κ3) is 2.76. The van der Waals surface area contributed by atoms with E-state index >= 15 is 0 Å². The maximum Gasteiger partial charge on any atom is 0.255 e. The van der Waals surface area contributed by atoms with Crippen LogP contribution in [0.5, 0.6) is 0 Å². The number of piperazine rings is 1. The van der Waals surface area contributed by atoms with Crippen LogP contribution >= 0.6 is 0 Å². The van der Waals surface area contributed by atoms with Gasteiger partial charge in [0.1, 0.15) is 6.04 Å². The minimum absolute atomic E-state index is 0.0737. The number of rotatable bonds is 3. The number of imide groups is 1. The average Bonchev–Trinajstić information content (AvgIpc) is 2.94. The summed E-state index contributed by atoms with van der Waals surface area (Å²) in [6, 6.07) is 6.64. The van der Waals surface area contributed by atoms with Crippen LogP contribution in [-0.2, 0) is 22.7 Å². The molecule has 1 aromatic rings. The maximum atomic E-state index is 13.2. The van der Waals surface area contributed by atoms with Crippen LogP contribution in [0.1, 0.15) is 47.2 Å². The van der Waals surface area contributed by atoms with Crippen molar-refractivity contribution in [3.63, 3.8) is 0 Å². The Morgan fingerprint density at radius 2 is 2.00 bits per heavy atom. The van der Waals surface area contributed by atoms with Crippen molar-refractivity contribution < 1.29 is 14.4 Å². The zero-order valence-corrected chi connectivity index (χ0v) is 15.2. The Morgan fingerprint density at radius 3 is 2.78 bits per heavy atom. The van der Waals surface area contributed by atoms with E-state index < -0.39 is 6.04 Å². The molecule has 3 atom stereocenters. The first-order valence-corrected chi connectivity index (χ1v) is 9.84. The van der Waals surface area contributed by atoms with Gasteiger partial charge in [-0.1, -0.05) is 18.2 Å². The van der Waals surface area contributed by atoms with E-state index in [0.29, 0.717) is 25.0 Å². The van der Waals surface area contributed by atoms with Gasteiger partial charge in [-0.05, 0) is 30.4 Å². The number of hydrogen-bond acceptors (Lipinski definition) is 5. The molecular formula is C20H24N4O3. The molecule has 3 amide bonds. The van der Waals surface area contributed by atoms with Crippen LogP contribution in [0.4, 0.5) is 0 Å². The minimum Gasteiger partial charge on any atom is -0.322 e. The molecule has 5 rings (SSSR count). The summed E-state index contributed by atoms with van der Waals surface area (Å²) in [5.74, 6) is -0.682. The first-order valence-electron chi connectivity index (χ1n) is 9.84. The van der Waals surface area contributed by atoms with Gasteiger partial charge in [-0.25, -0.2) is 0 Å². The summed E-state index contributed by atoms with van der Waals surface area (Å²) in [6.07, 6.45) is 3.13. The number of amides is 3. The molecule has 2 saturated heterocycles. The highest BCUT2D eigenvalue weighted by atomic mass is 16.2. The van der Waals surface area contributed by atoms with E-state index in [4.69, 9.17) is 0 Å². The number of nitrogens with zero attached hydrogens (tertiary/aromatic N) is 2. The second kappa shape index (κ2) is 6.42. The molecule has 2 N–H and O–H groups in total. The Labute approximate surface area is 158 Å². The molecule has 3 aliphatic heterocycles. The predicted molar refractivity (Wildman–Crippen MR) is 97.7 cm³/mol. The van der Waals surface area contributed by atoms with Gasteiger partial charge in [0.05, 0.1) is 0 Å². The van der Waals surface area contributed by atoms with Crippen LogP contribution in [0, 0.1) is 0 Å². The van der Waals surface area contributed by atoms with Crippen molar-refractivity contribution in [2.75, 3.05) is 13.1 Å². The van der Waals surface area contributed by atoms with Gasteiger partial charge < -0.3 is 10.2 Å². The van der Waals surface area contributed by atoms with E-state index in [1.165, 1.54) is 12.8 Å². The third-order valence-electron chi connectivity index (χ3n) is 6.52. The van der Waals surface area contributed by atoms with E-state index in [1.54, 1.807) is 4.90 Å². The molecule has 4 aliphatic rings. The van der Waals surface area contributed by atoms with Crippen LogP contribution in [0.15, 0.2) is 18.2 Å². The van der Waals surface area contributed by atoms with Gasteiger partial charge in [0, 0.05) is 50.2 Å². The van der Waals surface area contributed by atoms with Crippen LogP contribution < -0.4 is 10.6 Å². The number of fused-ring (bicyclic) bond motifs is 2. The summed E-state index contributed by atoms with van der Waals surface area (Å²) in [5, 5.41) is 5.93. The number of carbonyl (C=O) groups excluding carboxylic acids is 3. The van der Waals surface area contributed by atoms with E-state index in [9.17, 15) is 14.4 Å². The highest BCUT2D eigenvalue weighted by molar-refractivity contribution is 6.05. The molecule has 0 bridgehead atoms. The molecule has 7 heteroatoms. The molecule has 0 radical (unpaired) electrons. The van der Waals surface area contributed by atoms with Crippen molar-refractivity contribution in [2.24, 2.45) is 0 Å². The fourth-order valence-corrected chi connectivity index (χ4v) is 4.95. The third-order valence-corrected chi connectivity index (χ3v) is 6.52. The van der Waals surface area contributed by atoms with E-state index in [-0.39, 0.29) is 24.1 Å². The van der Waals surface area contributed by atoms with E-state index in [2.05, 4.69) is 15.5 Å². The molecule has 1 aliphatic carbocycles. The Balaban J connectivity index is 1.38. The largest absolute Gasteiger partial charge is 0.322 e. The van der Waals surface area contributed by atoms with Crippen LogP contribution in [0.3, 0.4) is 0 Å². The fourth-order valence-electron chi connectivity index (χ4n) is 4.95. The van der Waals surface area contributed by atoms with Gasteiger partial charge in [-0.3, -0.25) is 24.6 Å². The van der Waals surface area contributed by atoms with E-state index in [0.717, 1.165) is 36.3 Å². The van der Waals surface area contributed by atoms with Gasteiger partial charge in [-0.15, -0.1) is 0 Å². The summed E-state index contributed by atoms with van der Waals surface area (Å²) in [5.41, 5.74) is 2.80. The summed E-state index contributed by atoms with van der Waals surface area (Å²) in [4.78, 5) is 41.0. The second-order valence-corrected chi connectivity index (χ2v) is 8.03. The summed E-state index contributed by atoms with van der Waals surface area (Å²) in [6.45, 7) is 3.21. The highest BCUT2D eigenvalue weighted by Gasteiger charge is 2.41. The first-order chi connectivity index (χ1) is 13.1. The quantitative estimate of drug-likeness (QED) is 0.754. The predicted octanol–water partition coefficient (Wildman–Crippen LogP) is 0.384. The summed E-state index contributed by atoms with van der Waals surface area (Å²) >= 11 is 0. The number of hydrogen-bond donors (Lipinski definition) is 2. The van der Waals surface area contributed by atoms with Gasteiger partial charge >= 0.3 is 0 Å². The Hall–Kier alpha value is -2.25. The Bertz CT molecular complexity index is 823. The SMILES string of the molecule is O=C1CCC(N2Cc3cccc(CN4CCN[C@H]5CC[C@H]54)c3C2=O)C(=O)N1. The minimum atomic E-state index is -0.550. The van der Waals surface area contributed by atoms with Crippen LogP contribution in [-0.4, -0.2) is 58.7 Å². The molecule has 1 aromatic carbocycles. The lowest BCUT2D eigenvalue weighted by atomic mass is 9.83. The maximum absolute atomic E-state index is 13.2. The molecule has 3 heterocycles. The van der Waals surface area contributed by atoms with Gasteiger partial charge in [-0.2, -0.15) is 0 Å². The Morgan fingerprint density at radius 1 is 1.11 bits per heavy atom. The number of carbonyl (C=O) groups is 3. The van der Waals surface area contributed by atoms with Crippen molar-refractivity contribution in [3.8, 4) is 0 Å². The normalized spacial score (nSPS) is 30.6. The van der Waals surface area contributed by atoms with Gasteiger partial charge in [0.25, 0.3) is 5.91 Å². The molecular weight excluding hydrogens is 344 g/mol. The monoisotopic (exact) mass is 368 g/mol. The Kier molecular flexibility index (Phi) is 4.02. The van der Waals surface area contributed by atoms with Gasteiger partial charge in [0.2, 0.25) is 11.8 Å². The van der Waals surface area contributed by atoms with Crippen LogP contribution in [0.2, 0.25) is 0 Å². The molecule has 1 unspecified atom stereocenters. The zero-order valence-electron chi connectivity index (χ0n) is 15.2. The number of nitrogens with one attached hydrogen (secondary N) is 2. The van der Waals surface area contributed by atoms with Crippen molar-refractivity contribution in [3.05, 3.63) is 34.9 Å². The molecule has 27 heavy (non-hydrogen) atoms. The van der Waals surface area contributed by atoms with Crippen molar-refractivity contribution in [2.45, 2.75) is 56.9 Å². The molecule has 142 valence electrons. The summed E-state index contributed by atoms with van der Waals surface area (Å²) in [7, 11) is 0. The van der Waals surface area contributed by atoms with Crippen molar-refractivity contribution >= 4 is 17.7 Å². The number of piperidine rings is 1. The van der Waals surface area contributed by atoms with Crippen LogP contribution in [0.25, 0.3) is 0 Å². The smallest absolute Gasteiger partial charge is 0.255 e. The molecule has 0 aromatic heterocycles. The average molecular weight is 368 g/mol. The second-order valence-electron chi connectivity index (χ2n) is 8.03. The first kappa shape index (κ1) is 16.9. The highest BCUT2D eigenvalue weighted by Crippen LogP contribution is 2.33. The summed E-state index contributed by atoms with van der Waals surface area (Å²) < 4.78 is 0. The lowest BCUT2D eigenvalue weighted by molar-refractivity contribution is -0.136. The fraction of sp³-hybridized carbons (Fsp3) is 0.550. The molecule has 3 fully saturated rings. The van der Waals surface area contributed by atoms with Crippen molar-refractivity contribution in [1.82, 2.24) is 20.4 Å². The number of benzene rings is 1. The topological polar surface area (TPSA) is 81.8 Å². The lowest BCUT2D eigenvalue weighted by Gasteiger charge is -2.49. The lowest BCUT2D eigenvalue weighted by Crippen LogP contribution is -2.62. The van der Waals surface area contributed by atoms with E-state index in [1.807, 2.05) is 18.2 Å². The standard InChI is InChI=1S/C20H24N4O3/c25-17-7-6-16(19(26)22-17)24-11-13-3-1-2-12(18(13)20(24)27)10-23-9-8-21-14-4-5-15(14)23/h1-3,14-16,21H,4-11H2,(H,22,25,26)/t14-,15+,16?/m0/s1. The zero-order chi connectivity index (χ0) is 18.5. The molecule has 7 nitrogen and oxygen atoms in total. The van der Waals surface area contributed by atoms with Crippen molar-refractivity contribution in [1.29, 1.82) is 0 Å². The molecule has 1 saturated carbocycles.